The number of halogens is 1. The zero-order valence-corrected chi connectivity index (χ0v) is 20.0. The van der Waals surface area contributed by atoms with E-state index in [4.69, 9.17) is 14.2 Å². The molecule has 8 nitrogen and oxygen atoms in total. The van der Waals surface area contributed by atoms with E-state index < -0.39 is 0 Å². The topological polar surface area (TPSA) is 87.0 Å². The van der Waals surface area contributed by atoms with E-state index in [0.717, 1.165) is 32.7 Å². The highest BCUT2D eigenvalue weighted by molar-refractivity contribution is 9.10. The summed E-state index contributed by atoms with van der Waals surface area (Å²) in [5.41, 5.74) is 6.19. The second-order valence-electron chi connectivity index (χ2n) is 6.97. The van der Waals surface area contributed by atoms with Crippen LogP contribution >= 0.6 is 15.9 Å². The number of hydrogen-bond acceptors (Lipinski definition) is 6. The molecule has 0 aliphatic rings. The van der Waals surface area contributed by atoms with Crippen LogP contribution in [0.1, 0.15) is 22.5 Å². The maximum Gasteiger partial charge on any atom is 0.277 e. The van der Waals surface area contributed by atoms with Crippen LogP contribution in [-0.2, 0) is 11.3 Å². The molecule has 0 saturated carbocycles. The monoisotopic (exact) mass is 500 g/mol. The van der Waals surface area contributed by atoms with Crippen molar-refractivity contribution < 1.29 is 19.0 Å². The third kappa shape index (κ3) is 5.88. The number of aryl methyl sites for hydroxylation is 1. The Morgan fingerprint density at radius 3 is 2.62 bits per heavy atom. The minimum absolute atomic E-state index is 0.162. The van der Waals surface area contributed by atoms with Gasteiger partial charge in [0, 0.05) is 11.6 Å². The number of carbonyl (C=O) groups excluding carboxylic acids is 1. The number of hydrazone groups is 1. The van der Waals surface area contributed by atoms with Gasteiger partial charge in [-0.3, -0.25) is 9.48 Å². The third-order valence-corrected chi connectivity index (χ3v) is 5.88. The number of nitrogens with zero attached hydrogens (tertiary/aromatic N) is 3. The zero-order valence-electron chi connectivity index (χ0n) is 18.4. The Kier molecular flexibility index (Phi) is 7.88. The molecule has 0 aliphatic heterocycles. The molecule has 0 atom stereocenters. The van der Waals surface area contributed by atoms with Crippen LogP contribution in [0.5, 0.6) is 17.2 Å². The fourth-order valence-electron chi connectivity index (χ4n) is 3.04. The van der Waals surface area contributed by atoms with Crippen molar-refractivity contribution in [2.24, 2.45) is 5.10 Å². The van der Waals surface area contributed by atoms with Crippen LogP contribution in [0.15, 0.2) is 52.0 Å². The molecular formula is C23H25BrN4O4. The highest BCUT2D eigenvalue weighted by Gasteiger charge is 2.12. The molecule has 0 fully saturated rings. The molecule has 32 heavy (non-hydrogen) atoms. The van der Waals surface area contributed by atoms with Gasteiger partial charge in [-0.2, -0.15) is 10.2 Å². The fraction of sp³-hybridized carbons (Fsp3) is 0.261. The molecular weight excluding hydrogens is 476 g/mol. The van der Waals surface area contributed by atoms with E-state index >= 15 is 0 Å². The standard InChI is InChI=1S/C23H25BrN4O4/c1-15-23(24)16(2)28(27-15)13-18-10-17(8-9-21(18)31-4)12-25-26-22(29)14-32-20-7-5-6-19(11-20)30-3/h5-12H,13-14H2,1-4H3,(H,26,29)/b25-12-. The Bertz CT molecular complexity index is 1130. The molecule has 0 unspecified atom stereocenters. The molecule has 9 heteroatoms. The smallest absolute Gasteiger partial charge is 0.277 e. The predicted molar refractivity (Wildman–Crippen MR) is 126 cm³/mol. The number of rotatable bonds is 9. The second-order valence-corrected chi connectivity index (χ2v) is 7.77. The van der Waals surface area contributed by atoms with Crippen molar-refractivity contribution in [1.82, 2.24) is 15.2 Å². The van der Waals surface area contributed by atoms with Gasteiger partial charge in [0.05, 0.1) is 42.8 Å². The van der Waals surface area contributed by atoms with Gasteiger partial charge in [-0.1, -0.05) is 6.07 Å². The highest BCUT2D eigenvalue weighted by atomic mass is 79.9. The summed E-state index contributed by atoms with van der Waals surface area (Å²) in [5.74, 6) is 1.58. The van der Waals surface area contributed by atoms with Crippen LogP contribution in [0.25, 0.3) is 0 Å². The summed E-state index contributed by atoms with van der Waals surface area (Å²) in [6, 6.07) is 12.7. The lowest BCUT2D eigenvalue weighted by molar-refractivity contribution is -0.123. The molecule has 1 amide bonds. The van der Waals surface area contributed by atoms with E-state index in [9.17, 15) is 4.79 Å². The normalized spacial score (nSPS) is 10.9. The molecule has 0 spiro atoms. The van der Waals surface area contributed by atoms with Crippen LogP contribution in [0, 0.1) is 13.8 Å². The SMILES string of the molecule is COc1cccc(OCC(=O)N/N=C\c2ccc(OC)c(Cn3nc(C)c(Br)c3C)c2)c1. The average molecular weight is 501 g/mol. The van der Waals surface area contributed by atoms with Crippen LogP contribution in [0.3, 0.4) is 0 Å². The van der Waals surface area contributed by atoms with E-state index in [1.165, 1.54) is 0 Å². The predicted octanol–water partition coefficient (Wildman–Crippen LogP) is 3.86. The molecule has 0 saturated heterocycles. The number of carbonyl (C=O) groups is 1. The summed E-state index contributed by atoms with van der Waals surface area (Å²) in [7, 11) is 3.20. The molecule has 3 rings (SSSR count). The summed E-state index contributed by atoms with van der Waals surface area (Å²) in [6.45, 7) is 4.34. The maximum atomic E-state index is 12.0. The van der Waals surface area contributed by atoms with Gasteiger partial charge in [0.2, 0.25) is 0 Å². The molecule has 1 aromatic heterocycles. The first-order valence-electron chi connectivity index (χ1n) is 9.86. The van der Waals surface area contributed by atoms with Gasteiger partial charge < -0.3 is 14.2 Å². The Morgan fingerprint density at radius 2 is 1.94 bits per heavy atom. The fourth-order valence-corrected chi connectivity index (χ4v) is 3.33. The van der Waals surface area contributed by atoms with E-state index in [-0.39, 0.29) is 12.5 Å². The lowest BCUT2D eigenvalue weighted by Gasteiger charge is -2.11. The molecule has 0 radical (unpaired) electrons. The van der Waals surface area contributed by atoms with Crippen LogP contribution in [-0.4, -0.2) is 42.7 Å². The Morgan fingerprint density at radius 1 is 1.16 bits per heavy atom. The average Bonchev–Trinajstić information content (AvgIpc) is 3.04. The van der Waals surface area contributed by atoms with Crippen LogP contribution in [0.2, 0.25) is 0 Å². The minimum Gasteiger partial charge on any atom is -0.497 e. The van der Waals surface area contributed by atoms with Gasteiger partial charge in [0.1, 0.15) is 17.2 Å². The quantitative estimate of drug-likeness (QED) is 0.356. The molecule has 2 aromatic carbocycles. The second kappa shape index (κ2) is 10.8. The number of methoxy groups -OCH3 is 2. The van der Waals surface area contributed by atoms with Crippen molar-refractivity contribution in [2.45, 2.75) is 20.4 Å². The van der Waals surface area contributed by atoms with Crippen molar-refractivity contribution >= 4 is 28.1 Å². The summed E-state index contributed by atoms with van der Waals surface area (Å²) in [5, 5.41) is 8.58. The largest absolute Gasteiger partial charge is 0.497 e. The van der Waals surface area contributed by atoms with Gasteiger partial charge in [-0.15, -0.1) is 0 Å². The molecule has 1 N–H and O–H groups in total. The Balaban J connectivity index is 1.62. The van der Waals surface area contributed by atoms with Gasteiger partial charge in [0.15, 0.2) is 6.61 Å². The maximum absolute atomic E-state index is 12.0. The zero-order chi connectivity index (χ0) is 23.1. The lowest BCUT2D eigenvalue weighted by atomic mass is 10.1. The first-order valence-corrected chi connectivity index (χ1v) is 10.7. The Labute approximate surface area is 195 Å². The van der Waals surface area contributed by atoms with Crippen molar-refractivity contribution in [2.75, 3.05) is 20.8 Å². The summed E-state index contributed by atoms with van der Waals surface area (Å²) >= 11 is 3.55. The Hall–Kier alpha value is -3.33. The molecule has 168 valence electrons. The van der Waals surface area contributed by atoms with Gasteiger partial charge >= 0.3 is 0 Å². The number of hydrogen-bond donors (Lipinski definition) is 1. The first kappa shape index (κ1) is 23.3. The van der Waals surface area contributed by atoms with E-state index in [1.807, 2.05) is 36.7 Å². The summed E-state index contributed by atoms with van der Waals surface area (Å²) in [4.78, 5) is 12.0. The first-order chi connectivity index (χ1) is 15.4. The van der Waals surface area contributed by atoms with Crippen molar-refractivity contribution in [3.05, 3.63) is 69.5 Å². The highest BCUT2D eigenvalue weighted by Crippen LogP contribution is 2.24. The van der Waals surface area contributed by atoms with Gasteiger partial charge in [-0.25, -0.2) is 5.43 Å². The molecule has 3 aromatic rings. The minimum atomic E-state index is -0.370. The third-order valence-electron chi connectivity index (χ3n) is 4.73. The molecule has 0 aliphatic carbocycles. The van der Waals surface area contributed by atoms with Crippen molar-refractivity contribution in [3.63, 3.8) is 0 Å². The number of aromatic nitrogens is 2. The van der Waals surface area contributed by atoms with Crippen LogP contribution < -0.4 is 19.6 Å². The van der Waals surface area contributed by atoms with E-state index in [1.54, 1.807) is 44.7 Å². The van der Waals surface area contributed by atoms with Crippen molar-refractivity contribution in [3.8, 4) is 17.2 Å². The van der Waals surface area contributed by atoms with E-state index in [2.05, 4.69) is 31.6 Å². The number of amides is 1. The van der Waals surface area contributed by atoms with Gasteiger partial charge in [0.25, 0.3) is 5.91 Å². The van der Waals surface area contributed by atoms with Gasteiger partial charge in [-0.05, 0) is 65.7 Å². The number of ether oxygens (including phenoxy) is 3. The summed E-state index contributed by atoms with van der Waals surface area (Å²) < 4.78 is 19.0. The summed E-state index contributed by atoms with van der Waals surface area (Å²) in [6.07, 6.45) is 1.57. The molecule has 1 heterocycles. The number of benzene rings is 2. The van der Waals surface area contributed by atoms with Crippen LogP contribution in [0.4, 0.5) is 0 Å². The molecule has 0 bridgehead atoms. The van der Waals surface area contributed by atoms with Crippen molar-refractivity contribution in [1.29, 1.82) is 0 Å². The number of nitrogens with one attached hydrogen (secondary N) is 1. The van der Waals surface area contributed by atoms with E-state index in [0.29, 0.717) is 18.0 Å². The lowest BCUT2D eigenvalue weighted by Crippen LogP contribution is -2.24.